The first-order chi connectivity index (χ1) is 4.93. The van der Waals surface area contributed by atoms with Crippen LogP contribution in [0.4, 0.5) is 5.69 Å². The molecule has 0 aliphatic heterocycles. The lowest BCUT2D eigenvalue weighted by atomic mass is 10.3. The van der Waals surface area contributed by atoms with Gasteiger partial charge >= 0.3 is 0 Å². The molecule has 0 unspecified atom stereocenters. The minimum Gasteiger partial charge on any atom is -0.290 e. The van der Waals surface area contributed by atoms with E-state index in [-0.39, 0.29) is 0 Å². The molecule has 0 heterocycles. The lowest BCUT2D eigenvalue weighted by molar-refractivity contribution is 0.240. The summed E-state index contributed by atoms with van der Waals surface area (Å²) < 4.78 is 0. The van der Waals surface area contributed by atoms with Gasteiger partial charge in [0.15, 0.2) is 0 Å². The number of para-hydroxylation sites is 1. The van der Waals surface area contributed by atoms with Crippen molar-refractivity contribution < 1.29 is 5.21 Å². The predicted molar refractivity (Wildman–Crippen MR) is 39.5 cm³/mol. The Morgan fingerprint density at radius 1 is 1.30 bits per heavy atom. The highest BCUT2D eigenvalue weighted by atomic mass is 16.5. The average molecular weight is 136 g/mol. The highest BCUT2D eigenvalue weighted by Gasteiger charge is 1.80. The van der Waals surface area contributed by atoms with Gasteiger partial charge in [0.25, 0.3) is 0 Å². The third kappa shape index (κ3) is 1.87. The third-order valence-corrected chi connectivity index (χ3v) is 1.03. The number of hydrogen-bond donors (Lipinski definition) is 2. The summed E-state index contributed by atoms with van der Waals surface area (Å²) in [7, 11) is 0. The van der Waals surface area contributed by atoms with Gasteiger partial charge in [-0.15, -0.1) is 0 Å². The number of nitrogens with one attached hydrogen (secondary N) is 1. The molecule has 3 nitrogen and oxygen atoms in total. The third-order valence-electron chi connectivity index (χ3n) is 1.03. The van der Waals surface area contributed by atoms with Crippen molar-refractivity contribution in [3.8, 4) is 0 Å². The van der Waals surface area contributed by atoms with E-state index in [9.17, 15) is 0 Å². The molecule has 0 radical (unpaired) electrons. The van der Waals surface area contributed by atoms with E-state index >= 15 is 0 Å². The van der Waals surface area contributed by atoms with E-state index in [0.29, 0.717) is 0 Å². The Labute approximate surface area is 59.0 Å². The molecule has 10 heavy (non-hydrogen) atoms. The van der Waals surface area contributed by atoms with Crippen LogP contribution in [0.15, 0.2) is 35.3 Å². The van der Waals surface area contributed by atoms with Crippen LogP contribution in [0.3, 0.4) is 0 Å². The molecule has 0 aliphatic carbocycles. The first kappa shape index (κ1) is 6.77. The first-order valence-electron chi connectivity index (χ1n) is 2.90. The van der Waals surface area contributed by atoms with Gasteiger partial charge in [0, 0.05) is 0 Å². The zero-order chi connectivity index (χ0) is 7.23. The lowest BCUT2D eigenvalue weighted by Gasteiger charge is -1.88. The minimum atomic E-state index is 0.809. The molecule has 0 spiro atoms. The molecule has 52 valence electrons. The summed E-state index contributed by atoms with van der Waals surface area (Å²) in [4.78, 5) is 3.84. The Hall–Kier alpha value is -1.35. The average Bonchev–Trinajstić information content (AvgIpc) is 2.03. The minimum absolute atomic E-state index is 0.809. The van der Waals surface area contributed by atoms with Crippen molar-refractivity contribution >= 4 is 12.0 Å². The molecule has 0 atom stereocenters. The van der Waals surface area contributed by atoms with Gasteiger partial charge in [0.2, 0.25) is 0 Å². The van der Waals surface area contributed by atoms with Gasteiger partial charge in [-0.05, 0) is 12.1 Å². The van der Waals surface area contributed by atoms with E-state index in [1.807, 2.05) is 35.8 Å². The summed E-state index contributed by atoms with van der Waals surface area (Å²) in [5.74, 6) is 0. The van der Waals surface area contributed by atoms with Crippen LogP contribution < -0.4 is 5.48 Å². The first-order valence-corrected chi connectivity index (χ1v) is 2.90. The van der Waals surface area contributed by atoms with Gasteiger partial charge in [0.05, 0.1) is 5.69 Å². The second-order valence-corrected chi connectivity index (χ2v) is 1.72. The summed E-state index contributed by atoms with van der Waals surface area (Å²) in [5.41, 5.74) is 2.63. The second-order valence-electron chi connectivity index (χ2n) is 1.72. The van der Waals surface area contributed by atoms with Crippen LogP contribution >= 0.6 is 0 Å². The maximum Gasteiger partial charge on any atom is 0.113 e. The summed E-state index contributed by atoms with van der Waals surface area (Å²) in [6.07, 6.45) is 1.22. The topological polar surface area (TPSA) is 44.6 Å². The molecule has 1 rings (SSSR count). The van der Waals surface area contributed by atoms with Crippen molar-refractivity contribution in [2.24, 2.45) is 4.99 Å². The van der Waals surface area contributed by atoms with Gasteiger partial charge in [-0.1, -0.05) is 18.2 Å². The van der Waals surface area contributed by atoms with Crippen LogP contribution in [0, 0.1) is 0 Å². The Bertz CT molecular complexity index is 208. The fourth-order valence-corrected chi connectivity index (χ4v) is 0.617. The molecule has 3 heteroatoms. The van der Waals surface area contributed by atoms with E-state index in [1.54, 1.807) is 0 Å². The van der Waals surface area contributed by atoms with Crippen LogP contribution in [-0.4, -0.2) is 11.5 Å². The molecule has 0 bridgehead atoms. The SMILES string of the molecule is ON/C=N/c1ccccc1. The number of aliphatic imine (C=N–C) groups is 1. The fraction of sp³-hybridized carbons (Fsp3) is 0. The molecule has 0 amide bonds. The standard InChI is InChI=1S/C7H8N2O/c10-9-6-8-7-4-2-1-3-5-7/h1-6,10H,(H,8,9). The number of nitrogens with zero attached hydrogens (tertiary/aromatic N) is 1. The van der Waals surface area contributed by atoms with Crippen LogP contribution in [0.2, 0.25) is 0 Å². The van der Waals surface area contributed by atoms with Crippen molar-refractivity contribution in [2.75, 3.05) is 0 Å². The molecule has 0 fully saturated rings. The molecule has 0 saturated carbocycles. The molecule has 0 saturated heterocycles. The van der Waals surface area contributed by atoms with Gasteiger partial charge in [0.1, 0.15) is 6.34 Å². The van der Waals surface area contributed by atoms with Crippen LogP contribution in [0.1, 0.15) is 0 Å². The van der Waals surface area contributed by atoms with E-state index in [4.69, 9.17) is 5.21 Å². The monoisotopic (exact) mass is 136 g/mol. The van der Waals surface area contributed by atoms with Gasteiger partial charge in [-0.2, -0.15) is 0 Å². The summed E-state index contributed by atoms with van der Waals surface area (Å²) in [6.45, 7) is 0. The normalized spacial score (nSPS) is 10.1. The summed E-state index contributed by atoms with van der Waals surface area (Å²) in [5, 5.41) is 8.13. The summed E-state index contributed by atoms with van der Waals surface area (Å²) in [6, 6.07) is 9.35. The van der Waals surface area contributed by atoms with Crippen molar-refractivity contribution in [1.29, 1.82) is 0 Å². The smallest absolute Gasteiger partial charge is 0.113 e. The summed E-state index contributed by atoms with van der Waals surface area (Å²) >= 11 is 0. The molecule has 0 aromatic heterocycles. The van der Waals surface area contributed by atoms with Crippen LogP contribution in [0.25, 0.3) is 0 Å². The van der Waals surface area contributed by atoms with Crippen molar-refractivity contribution in [1.82, 2.24) is 5.48 Å². The molecular weight excluding hydrogens is 128 g/mol. The number of hydroxylamine groups is 1. The van der Waals surface area contributed by atoms with Crippen molar-refractivity contribution in [3.63, 3.8) is 0 Å². The van der Waals surface area contributed by atoms with E-state index in [0.717, 1.165) is 5.69 Å². The van der Waals surface area contributed by atoms with E-state index in [2.05, 4.69) is 4.99 Å². The fourth-order valence-electron chi connectivity index (χ4n) is 0.617. The zero-order valence-corrected chi connectivity index (χ0v) is 5.36. The molecule has 0 aliphatic rings. The largest absolute Gasteiger partial charge is 0.290 e. The Balaban J connectivity index is 2.67. The van der Waals surface area contributed by atoms with E-state index < -0.39 is 0 Å². The number of rotatable bonds is 2. The number of hydrogen-bond acceptors (Lipinski definition) is 2. The highest BCUT2D eigenvalue weighted by Crippen LogP contribution is 2.07. The zero-order valence-electron chi connectivity index (χ0n) is 5.36. The Kier molecular flexibility index (Phi) is 2.46. The molecular formula is C7H8N2O. The number of benzene rings is 1. The second kappa shape index (κ2) is 3.63. The maximum absolute atomic E-state index is 8.13. The highest BCUT2D eigenvalue weighted by molar-refractivity contribution is 5.59. The molecule has 2 N–H and O–H groups in total. The van der Waals surface area contributed by atoms with Gasteiger partial charge < -0.3 is 0 Å². The van der Waals surface area contributed by atoms with Crippen LogP contribution in [0.5, 0.6) is 0 Å². The lowest BCUT2D eigenvalue weighted by Crippen LogP contribution is -2.00. The van der Waals surface area contributed by atoms with Gasteiger partial charge in [-0.25, -0.2) is 4.99 Å². The van der Waals surface area contributed by atoms with Crippen molar-refractivity contribution in [3.05, 3.63) is 30.3 Å². The molecule has 1 aromatic carbocycles. The molecule has 1 aromatic rings. The maximum atomic E-state index is 8.13. The van der Waals surface area contributed by atoms with E-state index in [1.165, 1.54) is 6.34 Å². The Morgan fingerprint density at radius 3 is 2.60 bits per heavy atom. The van der Waals surface area contributed by atoms with Crippen LogP contribution in [-0.2, 0) is 0 Å². The van der Waals surface area contributed by atoms with Crippen molar-refractivity contribution in [2.45, 2.75) is 0 Å². The quantitative estimate of drug-likeness (QED) is 0.366. The van der Waals surface area contributed by atoms with Gasteiger partial charge in [-0.3, -0.25) is 10.7 Å². The predicted octanol–water partition coefficient (Wildman–Crippen LogP) is 1.33. The Morgan fingerprint density at radius 2 is 2.00 bits per heavy atom.